The van der Waals surface area contributed by atoms with Crippen LogP contribution < -0.4 is 4.90 Å². The minimum atomic E-state index is -0.298. The topological polar surface area (TPSA) is 63.9 Å². The largest absolute Gasteiger partial charge is 0.459 e. The van der Waals surface area contributed by atoms with Gasteiger partial charge in [-0.05, 0) is 42.7 Å². The van der Waals surface area contributed by atoms with Crippen LogP contribution in [0.25, 0.3) is 5.65 Å². The van der Waals surface area contributed by atoms with Crippen molar-refractivity contribution in [1.29, 1.82) is 0 Å². The average Bonchev–Trinajstić information content (AvgIpc) is 3.26. The summed E-state index contributed by atoms with van der Waals surface area (Å²) in [6.45, 7) is 2.93. The van der Waals surface area contributed by atoms with Crippen molar-refractivity contribution in [3.63, 3.8) is 0 Å². The van der Waals surface area contributed by atoms with Gasteiger partial charge in [-0.15, -0.1) is 0 Å². The van der Waals surface area contributed by atoms with Crippen molar-refractivity contribution < 1.29 is 14.3 Å². The minimum Gasteiger partial charge on any atom is -0.459 e. The number of ether oxygens (including phenoxy) is 1. The molecule has 1 aromatic carbocycles. The lowest BCUT2D eigenvalue weighted by atomic mass is 10.1. The molecule has 27 heavy (non-hydrogen) atoms. The summed E-state index contributed by atoms with van der Waals surface area (Å²) in [6, 6.07) is 11.4. The smallest absolute Gasteiger partial charge is 0.310 e. The van der Waals surface area contributed by atoms with Crippen molar-refractivity contribution in [2.45, 2.75) is 32.8 Å². The van der Waals surface area contributed by atoms with Gasteiger partial charge in [0.2, 0.25) is 5.91 Å². The van der Waals surface area contributed by atoms with Crippen LogP contribution in [0, 0.1) is 6.92 Å². The number of nitrogens with zero attached hydrogens (tertiary/aromatic N) is 3. The summed E-state index contributed by atoms with van der Waals surface area (Å²) in [6.07, 6.45) is 5.56. The zero-order valence-electron chi connectivity index (χ0n) is 15.2. The molecule has 0 unspecified atom stereocenters. The molecular weight excluding hydrogens is 342 g/mol. The minimum absolute atomic E-state index is 0.153. The van der Waals surface area contributed by atoms with Crippen LogP contribution in [-0.2, 0) is 27.4 Å². The highest BCUT2D eigenvalue weighted by Gasteiger charge is 2.21. The Labute approximate surface area is 157 Å². The second-order valence-electron chi connectivity index (χ2n) is 6.86. The second-order valence-corrected chi connectivity index (χ2v) is 6.86. The number of benzene rings is 1. The molecule has 1 aliphatic rings. The van der Waals surface area contributed by atoms with Crippen molar-refractivity contribution in [2.75, 3.05) is 11.4 Å². The number of amides is 1. The number of rotatable bonds is 5. The summed E-state index contributed by atoms with van der Waals surface area (Å²) < 4.78 is 7.29. The van der Waals surface area contributed by atoms with E-state index in [0.717, 1.165) is 41.1 Å². The maximum absolute atomic E-state index is 12.1. The van der Waals surface area contributed by atoms with Gasteiger partial charge in [-0.2, -0.15) is 0 Å². The summed E-state index contributed by atoms with van der Waals surface area (Å²) >= 11 is 0. The van der Waals surface area contributed by atoms with E-state index >= 15 is 0 Å². The standard InChI is InChI=1S/C21H21N3O3/c1-15-4-9-19-22-17(13-23(19)12-15)14-27-21(26)11-16-5-7-18(8-6-16)24-10-2-3-20(24)25/h4-9,12-13H,2-3,10-11,14H2,1H3. The monoisotopic (exact) mass is 363 g/mol. The van der Waals surface area contributed by atoms with Gasteiger partial charge >= 0.3 is 5.97 Å². The van der Waals surface area contributed by atoms with Gasteiger partial charge in [0.25, 0.3) is 0 Å². The van der Waals surface area contributed by atoms with E-state index in [-0.39, 0.29) is 24.9 Å². The third kappa shape index (κ3) is 3.84. The predicted octanol–water partition coefficient (Wildman–Crippen LogP) is 3.06. The van der Waals surface area contributed by atoms with E-state index in [1.165, 1.54) is 0 Å². The average molecular weight is 363 g/mol. The summed E-state index contributed by atoms with van der Waals surface area (Å²) in [5.74, 6) is -0.141. The van der Waals surface area contributed by atoms with E-state index in [4.69, 9.17) is 4.74 Å². The Kier molecular flexibility index (Phi) is 4.62. The number of anilines is 1. The predicted molar refractivity (Wildman–Crippen MR) is 101 cm³/mol. The van der Waals surface area contributed by atoms with Crippen molar-refractivity contribution in [2.24, 2.45) is 0 Å². The van der Waals surface area contributed by atoms with Crippen LogP contribution in [-0.4, -0.2) is 27.8 Å². The number of imidazole rings is 1. The number of aromatic nitrogens is 2. The molecule has 1 amide bonds. The van der Waals surface area contributed by atoms with Gasteiger partial charge in [0, 0.05) is 31.0 Å². The number of carbonyl (C=O) groups is 2. The van der Waals surface area contributed by atoms with E-state index in [0.29, 0.717) is 6.42 Å². The van der Waals surface area contributed by atoms with E-state index in [9.17, 15) is 9.59 Å². The van der Waals surface area contributed by atoms with Crippen LogP contribution in [0.2, 0.25) is 0 Å². The second kappa shape index (κ2) is 7.23. The molecule has 6 heteroatoms. The molecule has 1 saturated heterocycles. The lowest BCUT2D eigenvalue weighted by Gasteiger charge is -2.15. The quantitative estimate of drug-likeness (QED) is 0.654. The number of esters is 1. The van der Waals surface area contributed by atoms with E-state index in [1.54, 1.807) is 4.90 Å². The van der Waals surface area contributed by atoms with Gasteiger partial charge in [-0.3, -0.25) is 9.59 Å². The molecule has 0 saturated carbocycles. The van der Waals surface area contributed by atoms with Crippen molar-refractivity contribution in [3.8, 4) is 0 Å². The molecule has 0 spiro atoms. The molecule has 0 radical (unpaired) electrons. The Balaban J connectivity index is 1.34. The van der Waals surface area contributed by atoms with Crippen molar-refractivity contribution in [1.82, 2.24) is 9.38 Å². The fraction of sp³-hybridized carbons (Fsp3) is 0.286. The van der Waals surface area contributed by atoms with Crippen LogP contribution in [0.15, 0.2) is 48.8 Å². The lowest BCUT2D eigenvalue weighted by molar-refractivity contribution is -0.144. The van der Waals surface area contributed by atoms with E-state index in [2.05, 4.69) is 4.98 Å². The molecule has 138 valence electrons. The summed E-state index contributed by atoms with van der Waals surface area (Å²) in [5.41, 5.74) is 4.44. The van der Waals surface area contributed by atoms with Crippen LogP contribution in [0.3, 0.4) is 0 Å². The van der Waals surface area contributed by atoms with Crippen LogP contribution in [0.5, 0.6) is 0 Å². The third-order valence-electron chi connectivity index (χ3n) is 4.70. The Morgan fingerprint density at radius 2 is 1.96 bits per heavy atom. The third-order valence-corrected chi connectivity index (χ3v) is 4.70. The first-order valence-corrected chi connectivity index (χ1v) is 9.08. The molecule has 1 aliphatic heterocycles. The molecular formula is C21H21N3O3. The maximum Gasteiger partial charge on any atom is 0.310 e. The first-order valence-electron chi connectivity index (χ1n) is 9.08. The lowest BCUT2D eigenvalue weighted by Crippen LogP contribution is -2.23. The zero-order valence-corrected chi connectivity index (χ0v) is 15.2. The van der Waals surface area contributed by atoms with E-state index < -0.39 is 0 Å². The molecule has 4 rings (SSSR count). The zero-order chi connectivity index (χ0) is 18.8. The first-order chi connectivity index (χ1) is 13.1. The van der Waals surface area contributed by atoms with Gasteiger partial charge in [0.05, 0.1) is 12.1 Å². The molecule has 0 bridgehead atoms. The Bertz CT molecular complexity index is 992. The first kappa shape index (κ1) is 17.3. The van der Waals surface area contributed by atoms with Gasteiger partial charge in [0.15, 0.2) is 0 Å². The van der Waals surface area contributed by atoms with Gasteiger partial charge in [-0.25, -0.2) is 4.98 Å². The Morgan fingerprint density at radius 1 is 1.15 bits per heavy atom. The van der Waals surface area contributed by atoms with Gasteiger partial charge in [-0.1, -0.05) is 18.2 Å². The van der Waals surface area contributed by atoms with Crippen LogP contribution in [0.1, 0.15) is 29.7 Å². The fourth-order valence-electron chi connectivity index (χ4n) is 3.31. The number of pyridine rings is 1. The van der Waals surface area contributed by atoms with Crippen LogP contribution >= 0.6 is 0 Å². The summed E-state index contributed by atoms with van der Waals surface area (Å²) in [4.78, 5) is 30.1. The maximum atomic E-state index is 12.1. The fourth-order valence-corrected chi connectivity index (χ4v) is 3.31. The number of aryl methyl sites for hydroxylation is 1. The molecule has 0 atom stereocenters. The highest BCUT2D eigenvalue weighted by molar-refractivity contribution is 5.95. The molecule has 6 nitrogen and oxygen atoms in total. The summed E-state index contributed by atoms with van der Waals surface area (Å²) in [5, 5.41) is 0. The van der Waals surface area contributed by atoms with Crippen molar-refractivity contribution in [3.05, 3.63) is 65.6 Å². The molecule has 0 aliphatic carbocycles. The van der Waals surface area contributed by atoms with Crippen LogP contribution in [0.4, 0.5) is 5.69 Å². The number of hydrogen-bond donors (Lipinski definition) is 0. The van der Waals surface area contributed by atoms with E-state index in [1.807, 2.05) is 60.1 Å². The molecule has 3 aromatic rings. The SMILES string of the molecule is Cc1ccc2nc(COC(=O)Cc3ccc(N4CCCC4=O)cc3)cn2c1. The summed E-state index contributed by atoms with van der Waals surface area (Å²) in [7, 11) is 0. The molecule has 1 fully saturated rings. The normalized spacial score (nSPS) is 14.1. The number of carbonyl (C=O) groups excluding carboxylic acids is 2. The number of fused-ring (bicyclic) bond motifs is 1. The van der Waals surface area contributed by atoms with Crippen molar-refractivity contribution >= 4 is 23.2 Å². The molecule has 3 heterocycles. The highest BCUT2D eigenvalue weighted by atomic mass is 16.5. The van der Waals surface area contributed by atoms with Gasteiger partial charge < -0.3 is 14.0 Å². The Hall–Kier alpha value is -3.15. The Morgan fingerprint density at radius 3 is 2.70 bits per heavy atom. The molecule has 0 N–H and O–H groups in total. The number of hydrogen-bond acceptors (Lipinski definition) is 4. The van der Waals surface area contributed by atoms with Gasteiger partial charge in [0.1, 0.15) is 12.3 Å². The molecule has 2 aromatic heterocycles. The highest BCUT2D eigenvalue weighted by Crippen LogP contribution is 2.21.